The molecule has 1 unspecified atom stereocenters. The van der Waals surface area contributed by atoms with Crippen molar-refractivity contribution in [3.05, 3.63) is 94.8 Å². The highest BCUT2D eigenvalue weighted by Crippen LogP contribution is 2.35. The molecule has 3 aromatic carbocycles. The Morgan fingerprint density at radius 1 is 0.944 bits per heavy atom. The van der Waals surface area contributed by atoms with Crippen LogP contribution in [0.4, 0.5) is 4.39 Å². The predicted octanol–water partition coefficient (Wildman–Crippen LogP) is 5.38. The van der Waals surface area contributed by atoms with Crippen molar-refractivity contribution in [1.29, 1.82) is 0 Å². The molecule has 1 N–H and O–H groups in total. The maximum atomic E-state index is 13.4. The van der Waals surface area contributed by atoms with Crippen LogP contribution in [0.5, 0.6) is 11.5 Å². The molecular weight excluding hydrogens is 455 g/mol. The Morgan fingerprint density at radius 2 is 1.69 bits per heavy atom. The highest BCUT2D eigenvalue weighted by molar-refractivity contribution is 5.94. The Kier molecular flexibility index (Phi) is 7.52. The van der Waals surface area contributed by atoms with E-state index in [0.717, 1.165) is 42.1 Å². The molecule has 5 rings (SSSR count). The van der Waals surface area contributed by atoms with Crippen LogP contribution < -0.4 is 4.74 Å². The quantitative estimate of drug-likeness (QED) is 0.485. The molecule has 0 saturated carbocycles. The fourth-order valence-electron chi connectivity index (χ4n) is 5.34. The molecule has 2 aliphatic rings. The monoisotopic (exact) mass is 488 g/mol. The van der Waals surface area contributed by atoms with Crippen LogP contribution in [0.15, 0.2) is 66.7 Å². The number of halogens is 1. The number of nitrogens with zero attached hydrogens (tertiary/aromatic N) is 2. The highest BCUT2D eigenvalue weighted by atomic mass is 19.1. The molecule has 36 heavy (non-hydrogen) atoms. The lowest BCUT2D eigenvalue weighted by molar-refractivity contribution is 0.0660. The van der Waals surface area contributed by atoms with E-state index in [1.807, 2.05) is 23.1 Å². The normalized spacial score (nSPS) is 18.0. The molecule has 5 nitrogen and oxygen atoms in total. The van der Waals surface area contributed by atoms with Gasteiger partial charge in [0.2, 0.25) is 0 Å². The van der Waals surface area contributed by atoms with Crippen LogP contribution >= 0.6 is 0 Å². The molecule has 3 aromatic rings. The second-order valence-corrected chi connectivity index (χ2v) is 9.75. The molecule has 6 heteroatoms. The van der Waals surface area contributed by atoms with E-state index in [4.69, 9.17) is 4.74 Å². The number of phenols is 1. The molecule has 0 aliphatic carbocycles. The van der Waals surface area contributed by atoms with Gasteiger partial charge in [-0.25, -0.2) is 4.39 Å². The molecule has 0 bridgehead atoms. The number of carbonyl (C=O) groups excluding carboxylic acids is 1. The van der Waals surface area contributed by atoms with Crippen molar-refractivity contribution in [1.82, 2.24) is 9.80 Å². The van der Waals surface area contributed by atoms with E-state index < -0.39 is 0 Å². The maximum Gasteiger partial charge on any atom is 0.254 e. The van der Waals surface area contributed by atoms with E-state index in [1.165, 1.54) is 43.5 Å². The maximum absolute atomic E-state index is 13.4. The van der Waals surface area contributed by atoms with Crippen LogP contribution in [0.25, 0.3) is 0 Å². The van der Waals surface area contributed by atoms with Crippen LogP contribution in [0.2, 0.25) is 0 Å². The lowest BCUT2D eigenvalue weighted by Gasteiger charge is -2.38. The van der Waals surface area contributed by atoms with E-state index in [9.17, 15) is 14.3 Å². The highest BCUT2D eigenvalue weighted by Gasteiger charge is 2.31. The molecule has 1 atom stereocenters. The number of phenolic OH excluding ortho intramolecular Hbond substituents is 1. The van der Waals surface area contributed by atoms with E-state index in [-0.39, 0.29) is 23.5 Å². The summed E-state index contributed by atoms with van der Waals surface area (Å²) in [6.45, 7) is 4.49. The van der Waals surface area contributed by atoms with Gasteiger partial charge in [0.15, 0.2) is 0 Å². The summed E-state index contributed by atoms with van der Waals surface area (Å²) in [6, 6.07) is 19.0. The lowest BCUT2D eigenvalue weighted by Crippen LogP contribution is -2.41. The Labute approximate surface area is 212 Å². The third kappa shape index (κ3) is 5.71. The van der Waals surface area contributed by atoms with Gasteiger partial charge in [-0.3, -0.25) is 9.69 Å². The average Bonchev–Trinajstić information content (AvgIpc) is 2.90. The van der Waals surface area contributed by atoms with Crippen molar-refractivity contribution in [2.24, 2.45) is 0 Å². The van der Waals surface area contributed by atoms with Crippen LogP contribution in [0, 0.1) is 5.82 Å². The lowest BCUT2D eigenvalue weighted by atomic mass is 9.88. The zero-order chi connectivity index (χ0) is 24.9. The first-order valence-electron chi connectivity index (χ1n) is 12.9. The van der Waals surface area contributed by atoms with Gasteiger partial charge in [0, 0.05) is 18.7 Å². The smallest absolute Gasteiger partial charge is 0.254 e. The molecule has 0 radical (unpaired) electrons. The Hall–Kier alpha value is -3.38. The van der Waals surface area contributed by atoms with Gasteiger partial charge in [-0.2, -0.15) is 0 Å². The second kappa shape index (κ2) is 11.1. The van der Waals surface area contributed by atoms with Crippen LogP contribution in [-0.2, 0) is 12.8 Å². The number of rotatable bonds is 7. The Balaban J connectivity index is 1.30. The van der Waals surface area contributed by atoms with Gasteiger partial charge in [-0.1, -0.05) is 24.6 Å². The number of aromatic hydroxyl groups is 1. The SMILES string of the molecule is O=C(c1ccc(F)cc1)N1CCc2cc(O)ccc2C1Cc1ccc(OCCN2CCCCC2)cc1. The Bertz CT molecular complexity index is 1170. The zero-order valence-electron chi connectivity index (χ0n) is 20.5. The summed E-state index contributed by atoms with van der Waals surface area (Å²) in [4.78, 5) is 17.8. The minimum atomic E-state index is -0.360. The third-order valence-corrected chi connectivity index (χ3v) is 7.31. The summed E-state index contributed by atoms with van der Waals surface area (Å²) in [5.41, 5.74) is 3.67. The number of likely N-dealkylation sites (tertiary alicyclic amines) is 1. The number of ether oxygens (including phenoxy) is 1. The predicted molar refractivity (Wildman–Crippen MR) is 138 cm³/mol. The van der Waals surface area contributed by atoms with Crippen LogP contribution in [-0.4, -0.2) is 53.6 Å². The van der Waals surface area contributed by atoms with Gasteiger partial charge in [0.05, 0.1) is 6.04 Å². The van der Waals surface area contributed by atoms with Crippen molar-refractivity contribution in [3.8, 4) is 11.5 Å². The summed E-state index contributed by atoms with van der Waals surface area (Å²) < 4.78 is 19.4. The first kappa shape index (κ1) is 24.3. The van der Waals surface area contributed by atoms with Crippen LogP contribution in [0.1, 0.15) is 52.4 Å². The van der Waals surface area contributed by atoms with Crippen molar-refractivity contribution in [2.75, 3.05) is 32.8 Å². The number of hydrogen-bond acceptors (Lipinski definition) is 4. The van der Waals surface area contributed by atoms with Crippen molar-refractivity contribution in [3.63, 3.8) is 0 Å². The number of piperidine rings is 1. The number of benzene rings is 3. The molecule has 2 aliphatic heterocycles. The molecule has 0 spiro atoms. The van der Waals surface area contributed by atoms with Crippen molar-refractivity contribution < 1.29 is 19.0 Å². The minimum absolute atomic E-state index is 0.114. The second-order valence-electron chi connectivity index (χ2n) is 9.75. The number of amides is 1. The molecular formula is C30H33FN2O3. The number of carbonyl (C=O) groups is 1. The average molecular weight is 489 g/mol. The fraction of sp³-hybridized carbons (Fsp3) is 0.367. The number of fused-ring (bicyclic) bond motifs is 1. The summed E-state index contributed by atoms with van der Waals surface area (Å²) in [6.07, 6.45) is 5.19. The van der Waals surface area contributed by atoms with Crippen molar-refractivity contribution >= 4 is 5.91 Å². The van der Waals surface area contributed by atoms with E-state index in [2.05, 4.69) is 17.0 Å². The van der Waals surface area contributed by atoms with Gasteiger partial charge in [0.25, 0.3) is 5.91 Å². The van der Waals surface area contributed by atoms with E-state index in [0.29, 0.717) is 31.6 Å². The van der Waals surface area contributed by atoms with Gasteiger partial charge >= 0.3 is 0 Å². The van der Waals surface area contributed by atoms with Gasteiger partial charge in [-0.15, -0.1) is 0 Å². The first-order chi connectivity index (χ1) is 17.6. The topological polar surface area (TPSA) is 53.0 Å². The molecule has 1 saturated heterocycles. The Morgan fingerprint density at radius 3 is 2.44 bits per heavy atom. The standard InChI is InChI=1S/C30H33FN2O3/c31-25-8-6-23(7-9-25)30(35)33-17-14-24-21-26(34)10-13-28(24)29(33)20-22-4-11-27(12-5-22)36-19-18-32-15-2-1-3-16-32/h4-13,21,29,34H,1-3,14-20H2. The molecule has 2 heterocycles. The van der Waals surface area contributed by atoms with E-state index >= 15 is 0 Å². The summed E-state index contributed by atoms with van der Waals surface area (Å²) >= 11 is 0. The first-order valence-corrected chi connectivity index (χ1v) is 12.9. The van der Waals surface area contributed by atoms with Gasteiger partial charge in [-0.05, 0) is 104 Å². The third-order valence-electron chi connectivity index (χ3n) is 7.31. The van der Waals surface area contributed by atoms with Crippen molar-refractivity contribution in [2.45, 2.75) is 38.1 Å². The summed E-state index contributed by atoms with van der Waals surface area (Å²) in [5.74, 6) is 0.609. The van der Waals surface area contributed by atoms with Gasteiger partial charge in [0.1, 0.15) is 23.9 Å². The van der Waals surface area contributed by atoms with E-state index in [1.54, 1.807) is 12.1 Å². The number of hydrogen-bond donors (Lipinski definition) is 1. The summed E-state index contributed by atoms with van der Waals surface area (Å²) in [7, 11) is 0. The van der Waals surface area contributed by atoms with Crippen LogP contribution in [0.3, 0.4) is 0 Å². The molecule has 1 fully saturated rings. The fourth-order valence-corrected chi connectivity index (χ4v) is 5.34. The van der Waals surface area contributed by atoms with Gasteiger partial charge < -0.3 is 14.7 Å². The largest absolute Gasteiger partial charge is 0.508 e. The summed E-state index contributed by atoms with van der Waals surface area (Å²) in [5, 5.41) is 9.99. The minimum Gasteiger partial charge on any atom is -0.508 e. The molecule has 188 valence electrons. The molecule has 1 amide bonds. The zero-order valence-corrected chi connectivity index (χ0v) is 20.5. The molecule has 0 aromatic heterocycles.